The van der Waals surface area contributed by atoms with E-state index in [4.69, 9.17) is 9.47 Å². The zero-order valence-electron chi connectivity index (χ0n) is 17.2. The van der Waals surface area contributed by atoms with Gasteiger partial charge in [-0.15, -0.1) is 0 Å². The first kappa shape index (κ1) is 17.8. The third-order valence-electron chi connectivity index (χ3n) is 6.15. The van der Waals surface area contributed by atoms with Gasteiger partial charge < -0.3 is 14.0 Å². The summed E-state index contributed by atoms with van der Waals surface area (Å²) in [5.74, 6) is 1.64. The Morgan fingerprint density at radius 1 is 0.645 bits per heavy atom. The Bertz CT molecular complexity index is 1470. The molecule has 0 spiro atoms. The number of fused-ring (bicyclic) bond motifs is 6. The van der Waals surface area contributed by atoms with E-state index in [2.05, 4.69) is 4.57 Å². The molecule has 1 aliphatic rings. The summed E-state index contributed by atoms with van der Waals surface area (Å²) in [6.07, 6.45) is 0. The number of carbonyl (C=O) groups is 1. The molecule has 5 aromatic rings. The number of aromatic nitrogens is 1. The average molecular weight is 405 g/mol. The normalized spacial score (nSPS) is 12.3. The molecule has 0 atom stereocenters. The van der Waals surface area contributed by atoms with Crippen molar-refractivity contribution < 1.29 is 14.3 Å². The summed E-state index contributed by atoms with van der Waals surface area (Å²) in [4.78, 5) is 13.4. The number of ketones is 1. The lowest BCUT2D eigenvalue weighted by Gasteiger charge is -2.12. The minimum Gasteiger partial charge on any atom is -0.497 e. The van der Waals surface area contributed by atoms with Crippen LogP contribution in [0, 0.1) is 0 Å². The number of rotatable bonds is 3. The molecule has 4 nitrogen and oxygen atoms in total. The summed E-state index contributed by atoms with van der Waals surface area (Å²) in [6, 6.07) is 26.0. The van der Waals surface area contributed by atoms with E-state index in [-0.39, 0.29) is 5.78 Å². The molecular weight excluding hydrogens is 386 g/mol. The molecule has 0 amide bonds. The fourth-order valence-electron chi connectivity index (χ4n) is 4.74. The van der Waals surface area contributed by atoms with Gasteiger partial charge >= 0.3 is 0 Å². The van der Waals surface area contributed by atoms with Crippen molar-refractivity contribution in [2.24, 2.45) is 0 Å². The lowest BCUT2D eigenvalue weighted by molar-refractivity contribution is 0.104. The van der Waals surface area contributed by atoms with Crippen LogP contribution in [0.1, 0.15) is 15.9 Å². The summed E-state index contributed by atoms with van der Waals surface area (Å²) in [5, 5.41) is 2.10. The number of benzene rings is 4. The number of hydrogen-bond donors (Lipinski definition) is 0. The molecule has 0 saturated carbocycles. The third-order valence-corrected chi connectivity index (χ3v) is 6.15. The Morgan fingerprint density at radius 2 is 1.23 bits per heavy atom. The quantitative estimate of drug-likeness (QED) is 0.362. The van der Waals surface area contributed by atoms with Crippen LogP contribution >= 0.6 is 0 Å². The first-order valence-electron chi connectivity index (χ1n) is 10.1. The molecule has 4 aromatic carbocycles. The van der Waals surface area contributed by atoms with Crippen LogP contribution in [0.4, 0.5) is 0 Å². The third kappa shape index (κ3) is 2.39. The molecule has 6 rings (SSSR count). The lowest BCUT2D eigenvalue weighted by atomic mass is 10.0. The Balaban J connectivity index is 1.73. The zero-order valence-corrected chi connectivity index (χ0v) is 17.2. The molecule has 0 saturated heterocycles. The van der Waals surface area contributed by atoms with Crippen molar-refractivity contribution in [3.8, 4) is 28.3 Å². The molecule has 0 radical (unpaired) electrons. The van der Waals surface area contributed by atoms with Crippen molar-refractivity contribution in [1.29, 1.82) is 0 Å². The number of carbonyl (C=O) groups excluding carboxylic acids is 1. The second-order valence-electron chi connectivity index (χ2n) is 7.68. The fourth-order valence-corrected chi connectivity index (χ4v) is 4.74. The van der Waals surface area contributed by atoms with E-state index >= 15 is 0 Å². The van der Waals surface area contributed by atoms with Crippen molar-refractivity contribution in [3.63, 3.8) is 0 Å². The van der Waals surface area contributed by atoms with Gasteiger partial charge in [0, 0.05) is 16.3 Å². The van der Waals surface area contributed by atoms with Crippen molar-refractivity contribution in [2.75, 3.05) is 14.2 Å². The Morgan fingerprint density at radius 3 is 1.84 bits per heavy atom. The fraction of sp³-hybridized carbons (Fsp3) is 0.0741. The predicted octanol–water partition coefficient (Wildman–Crippen LogP) is 6.01. The van der Waals surface area contributed by atoms with E-state index in [0.29, 0.717) is 0 Å². The highest BCUT2D eigenvalue weighted by Gasteiger charge is 2.30. The maximum absolute atomic E-state index is 13.4. The van der Waals surface area contributed by atoms with Gasteiger partial charge in [0.05, 0.1) is 36.5 Å². The van der Waals surface area contributed by atoms with Gasteiger partial charge in [0.15, 0.2) is 5.78 Å². The van der Waals surface area contributed by atoms with E-state index in [9.17, 15) is 4.79 Å². The van der Waals surface area contributed by atoms with Gasteiger partial charge in [-0.2, -0.15) is 0 Å². The zero-order chi connectivity index (χ0) is 21.1. The summed E-state index contributed by atoms with van der Waals surface area (Å²) in [5.41, 5.74) is 6.39. The van der Waals surface area contributed by atoms with E-state index in [1.54, 1.807) is 14.2 Å². The van der Waals surface area contributed by atoms with Crippen LogP contribution in [0.2, 0.25) is 0 Å². The van der Waals surface area contributed by atoms with Gasteiger partial charge in [-0.1, -0.05) is 36.4 Å². The lowest BCUT2D eigenvalue weighted by Crippen LogP contribution is -2.04. The first-order chi connectivity index (χ1) is 15.2. The molecule has 0 unspecified atom stereocenters. The second kappa shape index (κ2) is 6.47. The van der Waals surface area contributed by atoms with Crippen LogP contribution in [0.5, 0.6) is 11.5 Å². The maximum Gasteiger partial charge on any atom is 0.196 e. The molecule has 0 fully saturated rings. The van der Waals surface area contributed by atoms with Crippen LogP contribution in [0.15, 0.2) is 78.9 Å². The molecule has 0 aliphatic heterocycles. The predicted molar refractivity (Wildman–Crippen MR) is 123 cm³/mol. The maximum atomic E-state index is 13.4. The van der Waals surface area contributed by atoms with Crippen LogP contribution in [0.3, 0.4) is 0 Å². The van der Waals surface area contributed by atoms with Crippen molar-refractivity contribution in [2.45, 2.75) is 0 Å². The largest absolute Gasteiger partial charge is 0.497 e. The molecule has 1 aliphatic carbocycles. The van der Waals surface area contributed by atoms with Crippen LogP contribution in [0.25, 0.3) is 38.6 Å². The highest BCUT2D eigenvalue weighted by atomic mass is 16.5. The first-order valence-corrected chi connectivity index (χ1v) is 10.1. The smallest absolute Gasteiger partial charge is 0.196 e. The molecule has 1 heterocycles. The molecular formula is C27H19NO3. The summed E-state index contributed by atoms with van der Waals surface area (Å²) >= 11 is 0. The number of hydrogen-bond acceptors (Lipinski definition) is 3. The van der Waals surface area contributed by atoms with Crippen molar-refractivity contribution >= 4 is 27.6 Å². The molecule has 0 bridgehead atoms. The van der Waals surface area contributed by atoms with Gasteiger partial charge in [0.25, 0.3) is 0 Å². The number of methoxy groups -OCH3 is 2. The number of nitrogens with zero attached hydrogens (tertiary/aromatic N) is 1. The molecule has 0 N–H and O–H groups in total. The summed E-state index contributed by atoms with van der Waals surface area (Å²) in [6.45, 7) is 0. The molecule has 1 aromatic heterocycles. The molecule has 150 valence electrons. The van der Waals surface area contributed by atoms with Gasteiger partial charge in [0.1, 0.15) is 11.5 Å². The minimum absolute atomic E-state index is 0.0678. The second-order valence-corrected chi connectivity index (χ2v) is 7.68. The SMILES string of the molecule is COc1ccc2c(c1)c1cc(OC)ccc1n2-c1cccc2c1C(=O)c1ccccc1-2. The standard InChI is InChI=1S/C27H19NO3/c1-30-16-10-12-23-21(14-16)22-15-17(31-2)11-13-24(22)28(23)25-9-5-8-19-18-6-3-4-7-20(18)27(29)26(19)25/h3-15H,1-2H3. The minimum atomic E-state index is 0.0678. The van der Waals surface area contributed by atoms with Crippen LogP contribution < -0.4 is 9.47 Å². The Kier molecular flexibility index (Phi) is 3.71. The Hall–Kier alpha value is -4.05. The molecule has 31 heavy (non-hydrogen) atoms. The van der Waals surface area contributed by atoms with E-state index in [0.717, 1.165) is 61.2 Å². The molecule has 4 heteroatoms. The topological polar surface area (TPSA) is 40.5 Å². The van der Waals surface area contributed by atoms with Crippen LogP contribution in [-0.4, -0.2) is 24.6 Å². The monoisotopic (exact) mass is 405 g/mol. The van der Waals surface area contributed by atoms with E-state index < -0.39 is 0 Å². The van der Waals surface area contributed by atoms with Crippen LogP contribution in [-0.2, 0) is 0 Å². The Labute approximate surface area is 179 Å². The average Bonchev–Trinajstić information content (AvgIpc) is 3.31. The summed E-state index contributed by atoms with van der Waals surface area (Å²) < 4.78 is 13.1. The van der Waals surface area contributed by atoms with Gasteiger partial charge in [0.2, 0.25) is 0 Å². The van der Waals surface area contributed by atoms with Gasteiger partial charge in [-0.25, -0.2) is 0 Å². The highest BCUT2D eigenvalue weighted by molar-refractivity contribution is 6.24. The van der Waals surface area contributed by atoms with E-state index in [1.165, 1.54) is 0 Å². The summed E-state index contributed by atoms with van der Waals surface area (Å²) in [7, 11) is 3.34. The van der Waals surface area contributed by atoms with Crippen molar-refractivity contribution in [3.05, 3.63) is 90.0 Å². The van der Waals surface area contributed by atoms with Crippen molar-refractivity contribution in [1.82, 2.24) is 4.57 Å². The number of ether oxygens (including phenoxy) is 2. The van der Waals surface area contributed by atoms with Gasteiger partial charge in [-0.05, 0) is 53.6 Å². The van der Waals surface area contributed by atoms with E-state index in [1.807, 2.05) is 78.9 Å². The highest BCUT2D eigenvalue weighted by Crippen LogP contribution is 2.42. The van der Waals surface area contributed by atoms with Gasteiger partial charge in [-0.3, -0.25) is 4.79 Å².